The number of ether oxygens (including phenoxy) is 1. The van der Waals surface area contributed by atoms with Crippen molar-refractivity contribution in [3.05, 3.63) is 40.8 Å². The minimum absolute atomic E-state index is 0.253. The van der Waals surface area contributed by atoms with Gasteiger partial charge < -0.3 is 4.74 Å². The lowest BCUT2D eigenvalue weighted by molar-refractivity contribution is 0.327. The van der Waals surface area contributed by atoms with Crippen LogP contribution in [0.5, 0.6) is 5.88 Å². The largest absolute Gasteiger partial charge is 0.478 e. The summed E-state index contributed by atoms with van der Waals surface area (Å²) in [5.41, 5.74) is 13.1. The van der Waals surface area contributed by atoms with Crippen LogP contribution in [0, 0.1) is 0 Å². The molecule has 0 amide bonds. The summed E-state index contributed by atoms with van der Waals surface area (Å²) in [6.07, 6.45) is 7.26. The van der Waals surface area contributed by atoms with E-state index in [1.54, 1.807) is 0 Å². The predicted octanol–water partition coefficient (Wildman–Crippen LogP) is 4.41. The average Bonchev–Trinajstić information content (AvgIpc) is 3.12. The molecule has 7 nitrogen and oxygen atoms in total. The minimum atomic E-state index is -0.253. The summed E-state index contributed by atoms with van der Waals surface area (Å²) in [5, 5.41) is 8.34. The molecule has 148 valence electrons. The molecule has 0 fully saturated rings. The molecule has 0 saturated heterocycles. The Balaban J connectivity index is 1.99. The Morgan fingerprint density at radius 1 is 1.21 bits per heavy atom. The van der Waals surface area contributed by atoms with Crippen LogP contribution in [0.2, 0.25) is 0 Å². The topological polar surface area (TPSA) is 83.8 Å². The van der Waals surface area contributed by atoms with Gasteiger partial charge in [-0.3, -0.25) is 4.98 Å². The highest BCUT2D eigenvalue weighted by Gasteiger charge is 2.29. The van der Waals surface area contributed by atoms with Gasteiger partial charge in [0, 0.05) is 23.5 Å². The Kier molecular flexibility index (Phi) is 5.52. The first kappa shape index (κ1) is 18.8. The van der Waals surface area contributed by atoms with E-state index in [-0.39, 0.29) is 12.1 Å². The highest BCUT2D eigenvalue weighted by atomic mass is 16.5. The number of aryl methyl sites for hydroxylation is 1. The smallest absolute Gasteiger partial charge is 0.213 e. The molecule has 28 heavy (non-hydrogen) atoms. The molecule has 3 heterocycles. The van der Waals surface area contributed by atoms with Crippen molar-refractivity contribution in [3.8, 4) is 17.0 Å². The molecule has 0 spiro atoms. The van der Waals surface area contributed by atoms with Crippen molar-refractivity contribution in [2.75, 3.05) is 6.61 Å². The quantitative estimate of drug-likeness (QED) is 0.751. The van der Waals surface area contributed by atoms with Crippen molar-refractivity contribution in [2.45, 2.75) is 65.0 Å². The zero-order valence-electron chi connectivity index (χ0n) is 16.8. The van der Waals surface area contributed by atoms with E-state index in [4.69, 9.17) is 9.72 Å². The van der Waals surface area contributed by atoms with Crippen molar-refractivity contribution >= 4 is 0 Å². The van der Waals surface area contributed by atoms with Gasteiger partial charge in [-0.25, -0.2) is 10.5 Å². The first-order chi connectivity index (χ1) is 13.7. The summed E-state index contributed by atoms with van der Waals surface area (Å²) < 4.78 is 5.68. The maximum Gasteiger partial charge on any atom is 0.213 e. The van der Waals surface area contributed by atoms with Gasteiger partial charge in [-0.05, 0) is 61.3 Å². The zero-order valence-corrected chi connectivity index (χ0v) is 16.8. The fourth-order valence-electron chi connectivity index (χ4n) is 4.13. The van der Waals surface area contributed by atoms with E-state index >= 15 is 0 Å². The van der Waals surface area contributed by atoms with Gasteiger partial charge in [-0.1, -0.05) is 25.5 Å². The fourth-order valence-corrected chi connectivity index (χ4v) is 4.13. The van der Waals surface area contributed by atoms with Crippen LogP contribution >= 0.6 is 0 Å². The summed E-state index contributed by atoms with van der Waals surface area (Å²) in [5.74, 6) is 0.934. The van der Waals surface area contributed by atoms with Crippen LogP contribution in [-0.2, 0) is 12.8 Å². The molecule has 1 aliphatic carbocycles. The normalized spacial score (nSPS) is 18.6. The Labute approximate surface area is 166 Å². The molecule has 0 bridgehead atoms. The van der Waals surface area contributed by atoms with Gasteiger partial charge in [0.25, 0.3) is 0 Å². The molecule has 2 N–H and O–H groups in total. The number of hydrogen-bond acceptors (Lipinski definition) is 7. The zero-order chi connectivity index (χ0) is 19.5. The Hall–Kier alpha value is -2.54. The average molecular weight is 380 g/mol. The molecule has 4 rings (SSSR count). The standard InChI is InChI=1S/C21H28N6O/c1-4-28-17-12-14(10-11-22-17)18-15-8-6-5-7-9-16(15)23-20(13(2)3)19(18)21-24-26-27-25-21/h10-13,21H,4-9H2,1-3H3,(H,24,27)(H,25,26). The summed E-state index contributed by atoms with van der Waals surface area (Å²) >= 11 is 0. The lowest BCUT2D eigenvalue weighted by Crippen LogP contribution is -2.26. The number of nitrogens with zero attached hydrogens (tertiary/aromatic N) is 4. The van der Waals surface area contributed by atoms with Crippen LogP contribution in [0.1, 0.15) is 74.6 Å². The predicted molar refractivity (Wildman–Crippen MR) is 108 cm³/mol. The molecular formula is C21H28N6O. The van der Waals surface area contributed by atoms with Gasteiger partial charge in [-0.2, -0.15) is 5.43 Å². The monoisotopic (exact) mass is 380 g/mol. The highest BCUT2D eigenvalue weighted by molar-refractivity contribution is 5.74. The highest BCUT2D eigenvalue weighted by Crippen LogP contribution is 2.41. The Morgan fingerprint density at radius 2 is 2.07 bits per heavy atom. The molecule has 2 aliphatic rings. The van der Waals surface area contributed by atoms with Crippen molar-refractivity contribution < 1.29 is 4.74 Å². The fraction of sp³-hybridized carbons (Fsp3) is 0.524. The van der Waals surface area contributed by atoms with Crippen molar-refractivity contribution in [3.63, 3.8) is 0 Å². The maximum absolute atomic E-state index is 5.68. The summed E-state index contributed by atoms with van der Waals surface area (Å²) in [4.78, 5) is 9.51. The lowest BCUT2D eigenvalue weighted by Gasteiger charge is -2.24. The van der Waals surface area contributed by atoms with Crippen LogP contribution in [0.15, 0.2) is 28.7 Å². The third-order valence-electron chi connectivity index (χ3n) is 5.35. The van der Waals surface area contributed by atoms with E-state index in [1.165, 1.54) is 36.1 Å². The molecule has 0 aromatic carbocycles. The molecule has 0 radical (unpaired) electrons. The summed E-state index contributed by atoms with van der Waals surface area (Å²) in [6, 6.07) is 4.10. The van der Waals surface area contributed by atoms with Gasteiger partial charge in [-0.15, -0.1) is 5.11 Å². The molecule has 1 atom stereocenters. The van der Waals surface area contributed by atoms with Gasteiger partial charge in [0.1, 0.15) is 0 Å². The Bertz CT molecular complexity index is 879. The van der Waals surface area contributed by atoms with Crippen LogP contribution in [0.4, 0.5) is 0 Å². The number of hydrazine groups is 1. The SMILES string of the molecule is CCOc1cc(-c2c3c(nc(C(C)C)c2C2N=NNN2)CCCCC3)ccn1. The van der Waals surface area contributed by atoms with Gasteiger partial charge >= 0.3 is 0 Å². The number of pyridine rings is 2. The number of nitrogens with one attached hydrogen (secondary N) is 2. The molecule has 7 heteroatoms. The van der Waals surface area contributed by atoms with E-state index in [0.29, 0.717) is 12.5 Å². The maximum atomic E-state index is 5.68. The first-order valence-corrected chi connectivity index (χ1v) is 10.2. The Morgan fingerprint density at radius 3 is 2.82 bits per heavy atom. The van der Waals surface area contributed by atoms with Crippen molar-refractivity contribution in [1.82, 2.24) is 20.9 Å². The van der Waals surface area contributed by atoms with E-state index in [9.17, 15) is 0 Å². The molecule has 0 saturated carbocycles. The van der Waals surface area contributed by atoms with Crippen LogP contribution in [0.25, 0.3) is 11.1 Å². The second-order valence-corrected chi connectivity index (χ2v) is 7.62. The molecule has 2 aromatic rings. The third kappa shape index (κ3) is 3.58. The molecule has 2 aromatic heterocycles. The van der Waals surface area contributed by atoms with Crippen LogP contribution in [-0.4, -0.2) is 16.6 Å². The molecule has 1 aliphatic heterocycles. The first-order valence-electron chi connectivity index (χ1n) is 10.2. The summed E-state index contributed by atoms with van der Waals surface area (Å²) in [7, 11) is 0. The second kappa shape index (κ2) is 8.22. The van der Waals surface area contributed by atoms with E-state index < -0.39 is 0 Å². The van der Waals surface area contributed by atoms with Crippen molar-refractivity contribution in [2.24, 2.45) is 10.3 Å². The van der Waals surface area contributed by atoms with E-state index in [1.807, 2.05) is 19.2 Å². The lowest BCUT2D eigenvalue weighted by atomic mass is 9.87. The summed E-state index contributed by atoms with van der Waals surface area (Å²) in [6.45, 7) is 6.95. The van der Waals surface area contributed by atoms with Gasteiger partial charge in [0.15, 0.2) is 6.17 Å². The van der Waals surface area contributed by atoms with Crippen LogP contribution < -0.4 is 15.7 Å². The third-order valence-corrected chi connectivity index (χ3v) is 5.35. The van der Waals surface area contributed by atoms with E-state index in [2.05, 4.69) is 46.2 Å². The second-order valence-electron chi connectivity index (χ2n) is 7.62. The molecule has 1 unspecified atom stereocenters. The van der Waals surface area contributed by atoms with Gasteiger partial charge in [0.2, 0.25) is 5.88 Å². The van der Waals surface area contributed by atoms with Crippen LogP contribution in [0.3, 0.4) is 0 Å². The molecular weight excluding hydrogens is 352 g/mol. The van der Waals surface area contributed by atoms with E-state index in [0.717, 1.165) is 29.7 Å². The number of rotatable bonds is 5. The van der Waals surface area contributed by atoms with Gasteiger partial charge in [0.05, 0.1) is 12.3 Å². The number of aromatic nitrogens is 2. The number of fused-ring (bicyclic) bond motifs is 1. The van der Waals surface area contributed by atoms with Crippen molar-refractivity contribution in [1.29, 1.82) is 0 Å². The number of hydrogen-bond donors (Lipinski definition) is 2. The minimum Gasteiger partial charge on any atom is -0.478 e.